The summed E-state index contributed by atoms with van der Waals surface area (Å²) < 4.78 is 0. The maximum Gasteiger partial charge on any atom is 0.307 e. The van der Waals surface area contributed by atoms with Crippen LogP contribution in [-0.2, 0) is 4.79 Å². The lowest BCUT2D eigenvalue weighted by Crippen LogP contribution is -2.45. The summed E-state index contributed by atoms with van der Waals surface area (Å²) >= 11 is 0. The van der Waals surface area contributed by atoms with E-state index in [9.17, 15) is 4.79 Å². The van der Waals surface area contributed by atoms with Crippen molar-refractivity contribution < 1.29 is 9.90 Å². The van der Waals surface area contributed by atoms with Gasteiger partial charge in [-0.05, 0) is 45.3 Å². The first-order chi connectivity index (χ1) is 7.06. The molecule has 4 nitrogen and oxygen atoms in total. The number of carboxylic acids is 1. The van der Waals surface area contributed by atoms with Crippen molar-refractivity contribution in [1.29, 1.82) is 0 Å². The molecule has 2 atom stereocenters. The molecule has 1 heterocycles. The van der Waals surface area contributed by atoms with Gasteiger partial charge in [-0.3, -0.25) is 9.69 Å². The Hall–Kier alpha value is -0.610. The van der Waals surface area contributed by atoms with Crippen LogP contribution in [0.25, 0.3) is 0 Å². The maximum atomic E-state index is 10.9. The maximum absolute atomic E-state index is 10.9. The Bertz CT molecular complexity index is 213. The van der Waals surface area contributed by atoms with Crippen LogP contribution in [0.2, 0.25) is 0 Å². The summed E-state index contributed by atoms with van der Waals surface area (Å²) in [6, 6.07) is 0.126. The average molecular weight is 214 g/mol. The molecule has 1 rings (SSSR count). The van der Waals surface area contributed by atoms with Gasteiger partial charge in [0.1, 0.15) is 0 Å². The number of hydrogen-bond donors (Lipinski definition) is 2. The van der Waals surface area contributed by atoms with Gasteiger partial charge in [0.15, 0.2) is 0 Å². The van der Waals surface area contributed by atoms with E-state index in [0.717, 1.165) is 32.5 Å². The topological polar surface area (TPSA) is 66.6 Å². The number of piperidine rings is 1. The molecule has 0 saturated carbocycles. The highest BCUT2D eigenvalue weighted by molar-refractivity contribution is 5.70. The van der Waals surface area contributed by atoms with E-state index in [1.165, 1.54) is 0 Å². The minimum atomic E-state index is -0.705. The van der Waals surface area contributed by atoms with E-state index in [4.69, 9.17) is 10.8 Å². The van der Waals surface area contributed by atoms with Crippen molar-refractivity contribution >= 4 is 5.97 Å². The molecule has 2 unspecified atom stereocenters. The van der Waals surface area contributed by atoms with Crippen LogP contribution in [0, 0.1) is 11.8 Å². The normalized spacial score (nSPS) is 23.7. The number of carboxylic acid groups (broad SMARTS) is 1. The van der Waals surface area contributed by atoms with E-state index in [-0.39, 0.29) is 12.0 Å². The van der Waals surface area contributed by atoms with E-state index in [0.29, 0.717) is 5.92 Å². The largest absolute Gasteiger partial charge is 0.481 e. The molecule has 15 heavy (non-hydrogen) atoms. The summed E-state index contributed by atoms with van der Waals surface area (Å²) in [5.41, 5.74) is 5.62. The molecule has 0 aromatic heterocycles. The van der Waals surface area contributed by atoms with Crippen LogP contribution < -0.4 is 5.73 Å². The molecule has 0 radical (unpaired) electrons. The summed E-state index contributed by atoms with van der Waals surface area (Å²) in [5.74, 6) is -0.364. The van der Waals surface area contributed by atoms with Crippen LogP contribution in [0.5, 0.6) is 0 Å². The Morgan fingerprint density at radius 1 is 1.47 bits per heavy atom. The van der Waals surface area contributed by atoms with Gasteiger partial charge in [-0.25, -0.2) is 0 Å². The molecule has 0 amide bonds. The molecule has 0 aliphatic carbocycles. The Kier molecular flexibility index (Phi) is 4.54. The third kappa shape index (κ3) is 3.18. The molecular weight excluding hydrogens is 192 g/mol. The van der Waals surface area contributed by atoms with Gasteiger partial charge < -0.3 is 10.8 Å². The molecule has 0 aromatic carbocycles. The number of nitrogens with zero attached hydrogens (tertiary/aromatic N) is 1. The van der Waals surface area contributed by atoms with Crippen LogP contribution in [0.4, 0.5) is 0 Å². The second-order valence-electron chi connectivity index (χ2n) is 4.58. The fourth-order valence-electron chi connectivity index (χ4n) is 2.12. The fraction of sp³-hybridized carbons (Fsp3) is 0.909. The van der Waals surface area contributed by atoms with Gasteiger partial charge in [0.05, 0.1) is 5.92 Å². The van der Waals surface area contributed by atoms with E-state index in [2.05, 4.69) is 4.90 Å². The van der Waals surface area contributed by atoms with Gasteiger partial charge in [-0.2, -0.15) is 0 Å². The number of hydrogen-bond acceptors (Lipinski definition) is 3. The monoisotopic (exact) mass is 214 g/mol. The predicted molar refractivity (Wildman–Crippen MR) is 59.6 cm³/mol. The minimum absolute atomic E-state index is 0.126. The third-order valence-electron chi connectivity index (χ3n) is 3.67. The standard InChI is InChI=1S/C11H22N2O2/c1-8(11(14)15)9(2)13-5-3-10(7-12)4-6-13/h8-10H,3-7,12H2,1-2H3,(H,14,15). The number of carbonyl (C=O) groups is 1. The van der Waals surface area contributed by atoms with Crippen molar-refractivity contribution in [2.75, 3.05) is 19.6 Å². The quantitative estimate of drug-likeness (QED) is 0.725. The first-order valence-corrected chi connectivity index (χ1v) is 5.73. The second kappa shape index (κ2) is 5.47. The van der Waals surface area contributed by atoms with Gasteiger partial charge in [-0.1, -0.05) is 6.92 Å². The molecule has 3 N–H and O–H groups in total. The zero-order valence-corrected chi connectivity index (χ0v) is 9.65. The smallest absolute Gasteiger partial charge is 0.307 e. The highest BCUT2D eigenvalue weighted by Gasteiger charge is 2.28. The Labute approximate surface area is 91.4 Å². The van der Waals surface area contributed by atoms with Crippen molar-refractivity contribution in [3.8, 4) is 0 Å². The van der Waals surface area contributed by atoms with E-state index in [1.807, 2.05) is 6.92 Å². The lowest BCUT2D eigenvalue weighted by atomic mass is 9.93. The average Bonchev–Trinajstić information content (AvgIpc) is 2.27. The van der Waals surface area contributed by atoms with Crippen molar-refractivity contribution in [3.63, 3.8) is 0 Å². The predicted octanol–water partition coefficient (Wildman–Crippen LogP) is 0.766. The van der Waals surface area contributed by atoms with Gasteiger partial charge in [0.2, 0.25) is 0 Å². The van der Waals surface area contributed by atoms with Crippen molar-refractivity contribution in [2.45, 2.75) is 32.7 Å². The molecule has 1 aliphatic heterocycles. The van der Waals surface area contributed by atoms with Crippen LogP contribution in [-0.4, -0.2) is 41.7 Å². The zero-order valence-electron chi connectivity index (χ0n) is 9.65. The molecule has 88 valence electrons. The molecular formula is C11H22N2O2. The summed E-state index contributed by atoms with van der Waals surface area (Å²) in [6.45, 7) is 6.52. The summed E-state index contributed by atoms with van der Waals surface area (Å²) in [4.78, 5) is 13.1. The highest BCUT2D eigenvalue weighted by Crippen LogP contribution is 2.20. The van der Waals surface area contributed by atoms with E-state index in [1.54, 1.807) is 6.92 Å². The number of aliphatic carboxylic acids is 1. The van der Waals surface area contributed by atoms with Gasteiger partial charge in [0, 0.05) is 6.04 Å². The highest BCUT2D eigenvalue weighted by atomic mass is 16.4. The molecule has 0 aromatic rings. The SMILES string of the molecule is CC(C(=O)O)C(C)N1CCC(CN)CC1. The fourth-order valence-corrected chi connectivity index (χ4v) is 2.12. The molecule has 4 heteroatoms. The van der Waals surface area contributed by atoms with Crippen LogP contribution in [0.3, 0.4) is 0 Å². The van der Waals surface area contributed by atoms with Crippen molar-refractivity contribution in [1.82, 2.24) is 4.90 Å². The Balaban J connectivity index is 2.42. The second-order valence-corrected chi connectivity index (χ2v) is 4.58. The molecule has 1 saturated heterocycles. The molecule has 1 aliphatic rings. The summed E-state index contributed by atoms with van der Waals surface area (Å²) in [5, 5.41) is 8.93. The summed E-state index contributed by atoms with van der Waals surface area (Å²) in [7, 11) is 0. The Morgan fingerprint density at radius 3 is 2.40 bits per heavy atom. The molecule has 1 fully saturated rings. The lowest BCUT2D eigenvalue weighted by Gasteiger charge is -2.37. The van der Waals surface area contributed by atoms with Gasteiger partial charge >= 0.3 is 5.97 Å². The van der Waals surface area contributed by atoms with E-state index >= 15 is 0 Å². The molecule has 0 spiro atoms. The minimum Gasteiger partial charge on any atom is -0.481 e. The number of likely N-dealkylation sites (tertiary alicyclic amines) is 1. The van der Waals surface area contributed by atoms with Gasteiger partial charge in [-0.15, -0.1) is 0 Å². The third-order valence-corrected chi connectivity index (χ3v) is 3.67. The van der Waals surface area contributed by atoms with Crippen molar-refractivity contribution in [2.24, 2.45) is 17.6 Å². The number of rotatable bonds is 4. The first kappa shape index (κ1) is 12.5. The van der Waals surface area contributed by atoms with Crippen LogP contribution >= 0.6 is 0 Å². The zero-order chi connectivity index (χ0) is 11.4. The first-order valence-electron chi connectivity index (χ1n) is 5.73. The van der Waals surface area contributed by atoms with E-state index < -0.39 is 5.97 Å². The van der Waals surface area contributed by atoms with Gasteiger partial charge in [0.25, 0.3) is 0 Å². The van der Waals surface area contributed by atoms with Crippen LogP contribution in [0.1, 0.15) is 26.7 Å². The van der Waals surface area contributed by atoms with Crippen LogP contribution in [0.15, 0.2) is 0 Å². The Morgan fingerprint density at radius 2 is 2.00 bits per heavy atom. The number of nitrogens with two attached hydrogens (primary N) is 1. The summed E-state index contributed by atoms with van der Waals surface area (Å²) in [6.07, 6.45) is 2.21. The van der Waals surface area contributed by atoms with Crippen molar-refractivity contribution in [3.05, 3.63) is 0 Å². The lowest BCUT2D eigenvalue weighted by molar-refractivity contribution is -0.143. The molecule has 0 bridgehead atoms.